The van der Waals surface area contributed by atoms with E-state index in [1.165, 1.54) is 0 Å². The number of quaternary nitrogens is 1. The van der Waals surface area contributed by atoms with Crippen molar-refractivity contribution in [2.24, 2.45) is 0 Å². The van der Waals surface area contributed by atoms with Crippen LogP contribution in [0, 0.1) is 0 Å². The Kier molecular flexibility index (Phi) is 6.18. The predicted molar refractivity (Wildman–Crippen MR) is 126 cm³/mol. The average Bonchev–Trinajstić information content (AvgIpc) is 3.24. The van der Waals surface area contributed by atoms with Gasteiger partial charge in [0.1, 0.15) is 30.2 Å². The van der Waals surface area contributed by atoms with Crippen molar-refractivity contribution in [3.63, 3.8) is 0 Å². The van der Waals surface area contributed by atoms with E-state index in [2.05, 4.69) is 33.4 Å². The number of aromatic amines is 1. The summed E-state index contributed by atoms with van der Waals surface area (Å²) < 4.78 is 12.6. The number of rotatable bonds is 8. The third kappa shape index (κ3) is 4.34. The Morgan fingerprint density at radius 3 is 2.72 bits per heavy atom. The minimum Gasteiger partial charge on any atom is -0.489 e. The molecule has 1 aliphatic rings. The highest BCUT2D eigenvalue weighted by Crippen LogP contribution is 2.41. The lowest BCUT2D eigenvalue weighted by atomic mass is 10.1. The van der Waals surface area contributed by atoms with Crippen molar-refractivity contribution in [2.75, 3.05) is 45.2 Å². The molecule has 32 heavy (non-hydrogen) atoms. The molecule has 1 fully saturated rings. The minimum absolute atomic E-state index is 0.00816. The topological polar surface area (TPSA) is 92.4 Å². The van der Waals surface area contributed by atoms with Crippen LogP contribution in [0.3, 0.4) is 0 Å². The van der Waals surface area contributed by atoms with Crippen LogP contribution < -0.4 is 19.3 Å². The highest BCUT2D eigenvalue weighted by Gasteiger charge is 2.34. The number of hydrogen-bond donors (Lipinski definition) is 2. The van der Waals surface area contributed by atoms with Gasteiger partial charge in [-0.15, -0.1) is 0 Å². The smallest absolute Gasteiger partial charge is 0.232 e. The van der Waals surface area contributed by atoms with Gasteiger partial charge in [-0.2, -0.15) is 9.97 Å². The molecule has 2 aromatic heterocycles. The molecule has 170 valence electrons. The number of H-pyrrole nitrogens is 1. The van der Waals surface area contributed by atoms with Crippen LogP contribution in [-0.4, -0.2) is 72.2 Å². The molecule has 0 atom stereocenters. The molecule has 3 aromatic rings. The Bertz CT molecular complexity index is 1090. The van der Waals surface area contributed by atoms with Crippen molar-refractivity contribution in [1.82, 2.24) is 24.3 Å². The second kappa shape index (κ2) is 9.04. The Hall–Kier alpha value is -3.33. The molecular weight excluding hydrogens is 408 g/mol. The number of ether oxygens (including phenoxy) is 2. The number of benzene rings is 1. The lowest BCUT2D eigenvalue weighted by Gasteiger charge is -2.41. The van der Waals surface area contributed by atoms with Crippen molar-refractivity contribution in [3.05, 3.63) is 30.5 Å². The second-order valence-corrected chi connectivity index (χ2v) is 8.45. The first-order valence-corrected chi connectivity index (χ1v) is 11.0. The molecule has 0 saturated carbocycles. The maximum Gasteiger partial charge on any atom is 0.232 e. The van der Waals surface area contributed by atoms with E-state index in [-0.39, 0.29) is 6.10 Å². The van der Waals surface area contributed by atoms with Crippen LogP contribution in [-0.2, 0) is 4.79 Å². The van der Waals surface area contributed by atoms with E-state index in [1.54, 1.807) is 0 Å². The van der Waals surface area contributed by atoms with Gasteiger partial charge in [-0.25, -0.2) is 0 Å². The lowest BCUT2D eigenvalue weighted by molar-refractivity contribution is -0.119. The van der Waals surface area contributed by atoms with E-state index in [0.29, 0.717) is 41.7 Å². The largest absolute Gasteiger partial charge is 0.489 e. The van der Waals surface area contributed by atoms with Crippen molar-refractivity contribution >= 4 is 34.8 Å². The quantitative estimate of drug-likeness (QED) is 0.413. The zero-order valence-electron chi connectivity index (χ0n) is 19.1. The van der Waals surface area contributed by atoms with Gasteiger partial charge in [-0.1, -0.05) is 6.07 Å². The van der Waals surface area contributed by atoms with Crippen LogP contribution in [0.4, 0.5) is 17.3 Å². The molecular formula is C23H31N6O3+. The number of piperazine rings is 1. The Labute approximate surface area is 187 Å². The van der Waals surface area contributed by atoms with Crippen LogP contribution in [0.2, 0.25) is 0 Å². The summed E-state index contributed by atoms with van der Waals surface area (Å²) in [5.41, 5.74) is 2.60. The monoisotopic (exact) mass is 439 g/mol. The van der Waals surface area contributed by atoms with E-state index in [4.69, 9.17) is 9.47 Å². The number of nitrogens with one attached hydrogen (secondary N) is 2. The number of anilines is 2. The zero-order chi connectivity index (χ0) is 22.7. The van der Waals surface area contributed by atoms with Gasteiger partial charge in [0.15, 0.2) is 5.69 Å². The van der Waals surface area contributed by atoms with Crippen molar-refractivity contribution in [1.29, 1.82) is 0 Å². The molecule has 4 rings (SSSR count). The molecule has 9 heteroatoms. The molecule has 2 N–H and O–H groups in total. The number of hydrogen-bond acceptors (Lipinski definition) is 6. The highest BCUT2D eigenvalue weighted by atomic mass is 16.5. The molecule has 1 amide bonds. The molecule has 0 spiro atoms. The number of fused-ring (bicyclic) bond motifs is 1. The lowest BCUT2D eigenvalue weighted by Crippen LogP contribution is -2.58. The van der Waals surface area contributed by atoms with Gasteiger partial charge in [-0.05, 0) is 32.9 Å². The Morgan fingerprint density at radius 2 is 2.03 bits per heavy atom. The van der Waals surface area contributed by atoms with Gasteiger partial charge >= 0.3 is 0 Å². The van der Waals surface area contributed by atoms with Gasteiger partial charge in [0.05, 0.1) is 38.2 Å². The van der Waals surface area contributed by atoms with E-state index in [0.717, 1.165) is 42.0 Å². The fourth-order valence-electron chi connectivity index (χ4n) is 4.04. The van der Waals surface area contributed by atoms with Gasteiger partial charge < -0.3 is 24.7 Å². The molecule has 0 bridgehead atoms. The van der Waals surface area contributed by atoms with Gasteiger partial charge in [0.2, 0.25) is 18.2 Å². The number of nitrogens with zero attached hydrogens (tertiary/aromatic N) is 4. The summed E-state index contributed by atoms with van der Waals surface area (Å²) in [6, 6.07) is 7.97. The summed E-state index contributed by atoms with van der Waals surface area (Å²) in [5, 5.41) is 4.27. The van der Waals surface area contributed by atoms with Crippen LogP contribution in [0.5, 0.6) is 11.6 Å². The number of para-hydroxylation sites is 1. The summed E-state index contributed by atoms with van der Waals surface area (Å²) in [4.78, 5) is 25.5. The molecule has 0 radical (unpaired) electrons. The minimum atomic E-state index is 0.00816. The van der Waals surface area contributed by atoms with Crippen LogP contribution in [0.1, 0.15) is 20.8 Å². The summed E-state index contributed by atoms with van der Waals surface area (Å²) in [7, 11) is 2.18. The van der Waals surface area contributed by atoms with E-state index < -0.39 is 0 Å². The molecule has 3 heterocycles. The maximum atomic E-state index is 11.2. The Balaban J connectivity index is 1.77. The van der Waals surface area contributed by atoms with Crippen molar-refractivity contribution in [3.8, 4) is 11.6 Å². The first-order chi connectivity index (χ1) is 15.4. The van der Waals surface area contributed by atoms with Gasteiger partial charge in [0, 0.05) is 12.3 Å². The number of carbonyl (C=O) groups excluding carboxylic acids is 1. The molecule has 1 saturated heterocycles. The summed E-state index contributed by atoms with van der Waals surface area (Å²) in [6.45, 7) is 9.47. The van der Waals surface area contributed by atoms with Crippen molar-refractivity contribution < 1.29 is 14.3 Å². The number of carbonyl (C=O) groups is 1. The number of likely N-dealkylation sites (N-methyl/N-ethyl adjacent to an activating group) is 1. The first kappa shape index (κ1) is 21.9. The SMILES string of the molecule is CCOc1nc(Nc2c(OC(C)C)cccc2[N+]2(C)CCN(C=O)CC2)nc2[nH]ccc12. The summed E-state index contributed by atoms with van der Waals surface area (Å²) >= 11 is 0. The molecule has 0 aliphatic carbocycles. The fourth-order valence-corrected chi connectivity index (χ4v) is 4.04. The molecule has 1 aliphatic heterocycles. The number of amides is 1. The zero-order valence-corrected chi connectivity index (χ0v) is 19.1. The van der Waals surface area contributed by atoms with E-state index in [9.17, 15) is 4.79 Å². The standard InChI is InChI=1S/C23H31N6O3/c1-5-31-22-17-9-10-24-21(17)26-23(27-22)25-20-18(7-6-8-19(20)32-16(2)3)29(4)13-11-28(15-30)12-14-29/h6-10,15-16H,5,11-14H2,1-4H3,(H2,24,25,26,27)/q+1. The van der Waals surface area contributed by atoms with Crippen LogP contribution >= 0.6 is 0 Å². The fraction of sp³-hybridized carbons (Fsp3) is 0.435. The number of aromatic nitrogens is 3. The van der Waals surface area contributed by atoms with Crippen LogP contribution in [0.15, 0.2) is 30.5 Å². The van der Waals surface area contributed by atoms with E-state index >= 15 is 0 Å². The third-order valence-electron chi connectivity index (χ3n) is 5.76. The summed E-state index contributed by atoms with van der Waals surface area (Å²) in [5.74, 6) is 1.70. The second-order valence-electron chi connectivity index (χ2n) is 8.45. The van der Waals surface area contributed by atoms with Gasteiger partial charge in [0.25, 0.3) is 0 Å². The van der Waals surface area contributed by atoms with Crippen LogP contribution in [0.25, 0.3) is 11.0 Å². The van der Waals surface area contributed by atoms with Gasteiger partial charge in [-0.3, -0.25) is 9.28 Å². The molecule has 0 unspecified atom stereocenters. The maximum absolute atomic E-state index is 11.2. The first-order valence-electron chi connectivity index (χ1n) is 11.0. The Morgan fingerprint density at radius 1 is 1.25 bits per heavy atom. The summed E-state index contributed by atoms with van der Waals surface area (Å²) in [6.07, 6.45) is 2.76. The van der Waals surface area contributed by atoms with E-state index in [1.807, 2.05) is 50.1 Å². The third-order valence-corrected chi connectivity index (χ3v) is 5.76. The normalized spacial score (nSPS) is 15.7. The highest BCUT2D eigenvalue weighted by molar-refractivity contribution is 5.84. The average molecular weight is 440 g/mol. The molecule has 1 aromatic carbocycles. The predicted octanol–water partition coefficient (Wildman–Crippen LogP) is 3.30. The molecule has 9 nitrogen and oxygen atoms in total. The van der Waals surface area contributed by atoms with Crippen molar-refractivity contribution in [2.45, 2.75) is 26.9 Å².